The molecule has 22 heavy (non-hydrogen) atoms. The van der Waals surface area contributed by atoms with Crippen molar-refractivity contribution in [3.63, 3.8) is 0 Å². The van der Waals surface area contributed by atoms with Crippen LogP contribution in [-0.2, 0) is 4.74 Å². The molecule has 0 aliphatic rings. The van der Waals surface area contributed by atoms with Gasteiger partial charge in [0.05, 0.1) is 12.1 Å². The van der Waals surface area contributed by atoms with Crippen LogP contribution in [0.1, 0.15) is 17.4 Å². The lowest BCUT2D eigenvalue weighted by Gasteiger charge is -2.06. The lowest BCUT2D eigenvalue weighted by Crippen LogP contribution is -3.00. The van der Waals surface area contributed by atoms with Crippen molar-refractivity contribution < 1.29 is 31.1 Å². The van der Waals surface area contributed by atoms with Gasteiger partial charge in [0.25, 0.3) is 0 Å². The molecule has 0 radical (unpaired) electrons. The molecule has 0 unspecified atom stereocenters. The first-order chi connectivity index (χ1) is 10.3. The van der Waals surface area contributed by atoms with Crippen molar-refractivity contribution in [2.24, 2.45) is 0 Å². The topological polar surface area (TPSA) is 43.1 Å². The molecule has 0 saturated heterocycles. The van der Waals surface area contributed by atoms with Crippen LogP contribution in [0, 0.1) is 0 Å². The van der Waals surface area contributed by atoms with Gasteiger partial charge in [-0.1, -0.05) is 24.3 Å². The molecule has 2 heterocycles. The number of aromatic nitrogens is 2. The van der Waals surface area contributed by atoms with Gasteiger partial charge in [0.1, 0.15) is 0 Å². The smallest absolute Gasteiger partial charge is 0.363 e. The van der Waals surface area contributed by atoms with E-state index in [1.165, 1.54) is 0 Å². The maximum Gasteiger partial charge on any atom is 0.363 e. The third-order valence-corrected chi connectivity index (χ3v) is 3.17. The van der Waals surface area contributed by atoms with Crippen LogP contribution in [0.2, 0.25) is 0 Å². The van der Waals surface area contributed by atoms with E-state index >= 15 is 0 Å². The van der Waals surface area contributed by atoms with E-state index in [1.54, 1.807) is 6.92 Å². The highest BCUT2D eigenvalue weighted by Gasteiger charge is 2.22. The Labute approximate surface area is 139 Å². The number of para-hydroxylation sites is 1. The minimum atomic E-state index is -0.408. The predicted octanol–water partition coefficient (Wildman–Crippen LogP) is -0.308. The number of ether oxygens (including phenoxy) is 1. The third-order valence-electron chi connectivity index (χ3n) is 3.17. The summed E-state index contributed by atoms with van der Waals surface area (Å²) in [5, 5.41) is 0.983. The van der Waals surface area contributed by atoms with E-state index in [2.05, 4.69) is 4.98 Å². The number of rotatable bonds is 3. The number of halogens is 1. The molecule has 0 fully saturated rings. The summed E-state index contributed by atoms with van der Waals surface area (Å²) in [4.78, 5) is 16.7. The third kappa shape index (κ3) is 3.14. The monoisotopic (exact) mass is 358 g/mol. The van der Waals surface area contributed by atoms with E-state index in [1.807, 2.05) is 65.5 Å². The van der Waals surface area contributed by atoms with Crippen LogP contribution in [-0.4, -0.2) is 17.6 Å². The van der Waals surface area contributed by atoms with Crippen molar-refractivity contribution in [2.75, 3.05) is 6.61 Å². The van der Waals surface area contributed by atoms with E-state index in [4.69, 9.17) is 4.74 Å². The highest BCUT2D eigenvalue weighted by atomic mass is 79.9. The fourth-order valence-electron chi connectivity index (χ4n) is 2.21. The van der Waals surface area contributed by atoms with Crippen LogP contribution in [0.3, 0.4) is 0 Å². The first kappa shape index (κ1) is 16.1. The zero-order chi connectivity index (χ0) is 14.7. The first-order valence-electron chi connectivity index (χ1n) is 6.83. The van der Waals surface area contributed by atoms with Gasteiger partial charge in [-0.2, -0.15) is 4.57 Å². The summed E-state index contributed by atoms with van der Waals surface area (Å²) in [6, 6.07) is 15.4. The maximum atomic E-state index is 12.2. The lowest BCUT2D eigenvalue weighted by molar-refractivity contribution is -0.596. The zero-order valence-electron chi connectivity index (χ0n) is 12.1. The molecule has 112 valence electrons. The first-order valence-corrected chi connectivity index (χ1v) is 6.83. The minimum absolute atomic E-state index is 0. The second-order valence-corrected chi connectivity index (χ2v) is 4.55. The van der Waals surface area contributed by atoms with E-state index in [0.29, 0.717) is 18.0 Å². The van der Waals surface area contributed by atoms with Crippen molar-refractivity contribution in [1.29, 1.82) is 0 Å². The van der Waals surface area contributed by atoms with E-state index in [-0.39, 0.29) is 17.0 Å². The van der Waals surface area contributed by atoms with Crippen molar-refractivity contribution in [3.8, 4) is 5.69 Å². The molecule has 2 aromatic heterocycles. The Kier molecular flexibility index (Phi) is 5.22. The van der Waals surface area contributed by atoms with E-state index < -0.39 is 5.97 Å². The van der Waals surface area contributed by atoms with Crippen LogP contribution < -0.4 is 21.5 Å². The van der Waals surface area contributed by atoms with Gasteiger partial charge < -0.3 is 21.7 Å². The molecule has 3 aromatic rings. The molecule has 0 aliphatic carbocycles. The number of carbonyl (C=O) groups is 1. The fraction of sp³-hybridized carbons (Fsp3) is 0.118. The number of carbonyl (C=O) groups excluding carboxylic acids is 1. The molecule has 3 rings (SSSR count). The molecular formula is C17H15BrN2O2. The average Bonchev–Trinajstić information content (AvgIpc) is 2.54. The number of pyridine rings is 2. The fourth-order valence-corrected chi connectivity index (χ4v) is 2.21. The molecule has 0 bridgehead atoms. The number of hydrogen-bond donors (Lipinski definition) is 0. The van der Waals surface area contributed by atoms with Crippen molar-refractivity contribution in [3.05, 3.63) is 66.6 Å². The molecule has 5 heteroatoms. The van der Waals surface area contributed by atoms with Gasteiger partial charge in [-0.05, 0) is 13.0 Å². The minimum Gasteiger partial charge on any atom is -1.00 e. The predicted molar refractivity (Wildman–Crippen MR) is 79.2 cm³/mol. The second-order valence-electron chi connectivity index (χ2n) is 4.55. The maximum absolute atomic E-state index is 12.2. The van der Waals surface area contributed by atoms with Crippen LogP contribution >= 0.6 is 0 Å². The van der Waals surface area contributed by atoms with Gasteiger partial charge in [0.15, 0.2) is 12.4 Å². The molecule has 0 aliphatic heterocycles. The van der Waals surface area contributed by atoms with Gasteiger partial charge in [-0.25, -0.2) is 9.78 Å². The Morgan fingerprint density at radius 1 is 1.14 bits per heavy atom. The number of benzene rings is 1. The summed E-state index contributed by atoms with van der Waals surface area (Å²) in [5.74, 6) is -0.408. The Morgan fingerprint density at radius 3 is 2.59 bits per heavy atom. The largest absolute Gasteiger partial charge is 1.00 e. The second kappa shape index (κ2) is 7.13. The van der Waals surface area contributed by atoms with Crippen molar-refractivity contribution in [1.82, 2.24) is 4.98 Å². The van der Waals surface area contributed by atoms with Crippen LogP contribution in [0.25, 0.3) is 16.6 Å². The molecule has 4 nitrogen and oxygen atoms in total. The molecular weight excluding hydrogens is 344 g/mol. The Bertz CT molecular complexity index is 791. The van der Waals surface area contributed by atoms with Gasteiger partial charge >= 0.3 is 5.97 Å². The number of esters is 1. The summed E-state index contributed by atoms with van der Waals surface area (Å²) in [6.45, 7) is 2.11. The van der Waals surface area contributed by atoms with Gasteiger partial charge in [-0.15, -0.1) is 0 Å². The summed E-state index contributed by atoms with van der Waals surface area (Å²) in [6.07, 6.45) is 3.77. The summed E-state index contributed by atoms with van der Waals surface area (Å²) < 4.78 is 6.99. The summed E-state index contributed by atoms with van der Waals surface area (Å²) in [7, 11) is 0. The quantitative estimate of drug-likeness (QED) is 0.476. The van der Waals surface area contributed by atoms with Crippen LogP contribution in [0.15, 0.2) is 60.9 Å². The zero-order valence-corrected chi connectivity index (χ0v) is 13.7. The summed E-state index contributed by atoms with van der Waals surface area (Å²) in [5.41, 5.74) is 1.82. The SMILES string of the molecule is CCOC(=O)c1nc2ccccc2cc1-[n+]1ccccc1.[Br-]. The average molecular weight is 359 g/mol. The molecule has 0 amide bonds. The number of hydrogen-bond acceptors (Lipinski definition) is 3. The van der Waals surface area contributed by atoms with Crippen LogP contribution in [0.5, 0.6) is 0 Å². The highest BCUT2D eigenvalue weighted by Crippen LogP contribution is 2.17. The van der Waals surface area contributed by atoms with Crippen LogP contribution in [0.4, 0.5) is 0 Å². The van der Waals surface area contributed by atoms with Gasteiger partial charge in [0.2, 0.25) is 11.4 Å². The van der Waals surface area contributed by atoms with E-state index in [9.17, 15) is 4.79 Å². The molecule has 0 N–H and O–H groups in total. The summed E-state index contributed by atoms with van der Waals surface area (Å²) >= 11 is 0. The van der Waals surface area contributed by atoms with Gasteiger partial charge in [0, 0.05) is 23.6 Å². The molecule has 0 atom stereocenters. The molecule has 1 aromatic carbocycles. The lowest BCUT2D eigenvalue weighted by atomic mass is 10.1. The Morgan fingerprint density at radius 2 is 1.86 bits per heavy atom. The van der Waals surface area contributed by atoms with E-state index in [0.717, 1.165) is 10.9 Å². The molecule has 0 saturated carbocycles. The Hall–Kier alpha value is -2.27. The highest BCUT2D eigenvalue weighted by molar-refractivity contribution is 5.94. The van der Waals surface area contributed by atoms with Crippen molar-refractivity contribution >= 4 is 16.9 Å². The van der Waals surface area contributed by atoms with Gasteiger partial charge in [-0.3, -0.25) is 0 Å². The standard InChI is InChI=1S/C17H15N2O2.BrH/c1-2-21-17(20)16-15(19-10-6-3-7-11-19)12-13-8-4-5-9-14(13)18-16;/h3-12H,2H2,1H3;1H/q+1;/p-1. The molecule has 0 spiro atoms. The number of fused-ring (bicyclic) bond motifs is 1. The van der Waals surface area contributed by atoms with Crippen molar-refractivity contribution in [2.45, 2.75) is 6.92 Å². The number of nitrogens with zero attached hydrogens (tertiary/aromatic N) is 2. The Balaban J connectivity index is 0.00000176. The normalized spacial score (nSPS) is 10.0.